The van der Waals surface area contributed by atoms with E-state index in [-0.39, 0.29) is 11.3 Å². The van der Waals surface area contributed by atoms with Crippen LogP contribution in [0.15, 0.2) is 0 Å². The van der Waals surface area contributed by atoms with Crippen molar-refractivity contribution in [3.8, 4) is 0 Å². The van der Waals surface area contributed by atoms with Crippen LogP contribution in [0.4, 0.5) is 0 Å². The van der Waals surface area contributed by atoms with Crippen LogP contribution in [0.2, 0.25) is 0 Å². The monoisotopic (exact) mass is 284 g/mol. The van der Waals surface area contributed by atoms with Crippen LogP contribution in [-0.4, -0.2) is 18.5 Å². The number of unbranched alkanes of at least 4 members (excludes halogenated alkanes) is 1. The van der Waals surface area contributed by atoms with Crippen molar-refractivity contribution >= 4 is 5.91 Å². The summed E-state index contributed by atoms with van der Waals surface area (Å²) in [5.41, 5.74) is 5.62. The Labute approximate surface area is 126 Å². The first kappa shape index (κ1) is 19.4. The maximum Gasteiger partial charge on any atom is 0.227 e. The molecule has 3 nitrogen and oxygen atoms in total. The normalized spacial score (nSPS) is 13.2. The molecule has 0 aliphatic rings. The van der Waals surface area contributed by atoms with Gasteiger partial charge in [0.1, 0.15) is 0 Å². The molecule has 20 heavy (non-hydrogen) atoms. The molecule has 0 bridgehead atoms. The Balaban J connectivity index is 4.75. The summed E-state index contributed by atoms with van der Waals surface area (Å²) < 4.78 is 0. The van der Waals surface area contributed by atoms with Gasteiger partial charge in [0.15, 0.2) is 0 Å². The minimum Gasteiger partial charge on any atom is -0.353 e. The predicted molar refractivity (Wildman–Crippen MR) is 87.7 cm³/mol. The number of carbonyl (C=O) groups excluding carboxylic acids is 1. The van der Waals surface area contributed by atoms with Crippen molar-refractivity contribution in [2.24, 2.45) is 11.1 Å². The van der Waals surface area contributed by atoms with Crippen LogP contribution in [0, 0.1) is 5.41 Å². The van der Waals surface area contributed by atoms with Crippen LogP contribution in [0.3, 0.4) is 0 Å². The minimum absolute atomic E-state index is 0.193. The molecule has 0 aromatic heterocycles. The highest BCUT2D eigenvalue weighted by Crippen LogP contribution is 2.29. The Morgan fingerprint density at radius 1 is 1.00 bits per heavy atom. The van der Waals surface area contributed by atoms with Gasteiger partial charge in [-0.25, -0.2) is 0 Å². The lowest BCUT2D eigenvalue weighted by Crippen LogP contribution is -2.49. The number of nitrogens with one attached hydrogen (secondary N) is 1. The summed E-state index contributed by atoms with van der Waals surface area (Å²) in [6, 6.07) is 0.326. The molecule has 1 atom stereocenters. The molecule has 0 saturated heterocycles. The van der Waals surface area contributed by atoms with Gasteiger partial charge in [-0.1, -0.05) is 59.8 Å². The SMILES string of the molecule is CCCCC(CCC)NC(=O)C(CN)(CCC)CCC. The van der Waals surface area contributed by atoms with E-state index in [9.17, 15) is 4.79 Å². The number of hydrogen-bond donors (Lipinski definition) is 2. The first-order chi connectivity index (χ1) is 9.60. The molecule has 0 saturated carbocycles. The van der Waals surface area contributed by atoms with Crippen LogP contribution >= 0.6 is 0 Å². The Hall–Kier alpha value is -0.570. The van der Waals surface area contributed by atoms with Crippen molar-refractivity contribution < 1.29 is 4.79 Å². The molecule has 1 unspecified atom stereocenters. The van der Waals surface area contributed by atoms with Gasteiger partial charge in [-0.3, -0.25) is 4.79 Å². The molecule has 0 spiro atoms. The average Bonchev–Trinajstić information content (AvgIpc) is 2.44. The van der Waals surface area contributed by atoms with Gasteiger partial charge in [0.25, 0.3) is 0 Å². The van der Waals surface area contributed by atoms with E-state index in [1.54, 1.807) is 0 Å². The van der Waals surface area contributed by atoms with Gasteiger partial charge in [-0.15, -0.1) is 0 Å². The predicted octanol–water partition coefficient (Wildman–Crippen LogP) is 4.01. The van der Waals surface area contributed by atoms with Crippen LogP contribution < -0.4 is 11.1 Å². The second-order valence-corrected chi connectivity index (χ2v) is 6.09. The van der Waals surface area contributed by atoms with E-state index in [0.29, 0.717) is 12.6 Å². The minimum atomic E-state index is -0.346. The Bertz CT molecular complexity index is 247. The lowest BCUT2D eigenvalue weighted by molar-refractivity contribution is -0.132. The van der Waals surface area contributed by atoms with Gasteiger partial charge in [0.2, 0.25) is 5.91 Å². The summed E-state index contributed by atoms with van der Waals surface area (Å²) in [4.78, 5) is 12.7. The van der Waals surface area contributed by atoms with E-state index in [1.165, 1.54) is 12.8 Å². The van der Waals surface area contributed by atoms with E-state index in [1.807, 2.05) is 0 Å². The number of hydrogen-bond acceptors (Lipinski definition) is 2. The zero-order valence-electron chi connectivity index (χ0n) is 14.1. The lowest BCUT2D eigenvalue weighted by atomic mass is 9.78. The third-order valence-electron chi connectivity index (χ3n) is 4.21. The molecule has 0 aliphatic carbocycles. The van der Waals surface area contributed by atoms with Gasteiger partial charge in [-0.2, -0.15) is 0 Å². The summed E-state index contributed by atoms with van der Waals surface area (Å²) >= 11 is 0. The largest absolute Gasteiger partial charge is 0.353 e. The topological polar surface area (TPSA) is 55.1 Å². The molecule has 0 aliphatic heterocycles. The fraction of sp³-hybridized carbons (Fsp3) is 0.941. The Morgan fingerprint density at radius 2 is 1.60 bits per heavy atom. The smallest absolute Gasteiger partial charge is 0.227 e. The van der Waals surface area contributed by atoms with Crippen LogP contribution in [0.1, 0.15) is 85.5 Å². The molecule has 3 N–H and O–H groups in total. The maximum atomic E-state index is 12.7. The van der Waals surface area contributed by atoms with Gasteiger partial charge < -0.3 is 11.1 Å². The first-order valence-corrected chi connectivity index (χ1v) is 8.61. The van der Waals surface area contributed by atoms with Gasteiger partial charge in [0.05, 0.1) is 5.41 Å². The third kappa shape index (κ3) is 6.25. The van der Waals surface area contributed by atoms with E-state index in [0.717, 1.165) is 44.9 Å². The fourth-order valence-electron chi connectivity index (χ4n) is 3.03. The molecule has 0 aromatic rings. The molecule has 0 heterocycles. The number of nitrogens with two attached hydrogens (primary N) is 1. The second-order valence-electron chi connectivity index (χ2n) is 6.09. The summed E-state index contributed by atoms with van der Waals surface area (Å²) in [6.45, 7) is 9.11. The van der Waals surface area contributed by atoms with E-state index in [2.05, 4.69) is 33.0 Å². The molecular formula is C17H36N2O. The fourth-order valence-corrected chi connectivity index (χ4v) is 3.03. The molecule has 3 heteroatoms. The number of amides is 1. The van der Waals surface area contributed by atoms with Crippen molar-refractivity contribution in [2.75, 3.05) is 6.54 Å². The Kier molecular flexibility index (Phi) is 10.8. The zero-order valence-corrected chi connectivity index (χ0v) is 14.1. The van der Waals surface area contributed by atoms with Gasteiger partial charge in [-0.05, 0) is 25.7 Å². The van der Waals surface area contributed by atoms with Crippen molar-refractivity contribution in [1.82, 2.24) is 5.32 Å². The van der Waals surface area contributed by atoms with Crippen LogP contribution in [0.25, 0.3) is 0 Å². The van der Waals surface area contributed by atoms with E-state index >= 15 is 0 Å². The average molecular weight is 284 g/mol. The molecule has 0 radical (unpaired) electrons. The van der Waals surface area contributed by atoms with Crippen LogP contribution in [0.5, 0.6) is 0 Å². The zero-order chi connectivity index (χ0) is 15.4. The quantitative estimate of drug-likeness (QED) is 0.569. The highest BCUT2D eigenvalue weighted by molar-refractivity contribution is 5.83. The summed E-state index contributed by atoms with van der Waals surface area (Å²) in [7, 11) is 0. The summed E-state index contributed by atoms with van der Waals surface area (Å²) in [5, 5.41) is 3.30. The van der Waals surface area contributed by atoms with Crippen LogP contribution in [-0.2, 0) is 4.79 Å². The number of rotatable bonds is 12. The molecular weight excluding hydrogens is 248 g/mol. The second kappa shape index (κ2) is 11.1. The van der Waals surface area contributed by atoms with E-state index in [4.69, 9.17) is 5.73 Å². The third-order valence-corrected chi connectivity index (χ3v) is 4.21. The van der Waals surface area contributed by atoms with Crippen molar-refractivity contribution in [2.45, 2.75) is 91.5 Å². The van der Waals surface area contributed by atoms with Gasteiger partial charge in [0, 0.05) is 12.6 Å². The lowest BCUT2D eigenvalue weighted by Gasteiger charge is -2.33. The molecule has 1 amide bonds. The van der Waals surface area contributed by atoms with Crippen molar-refractivity contribution in [3.05, 3.63) is 0 Å². The highest BCUT2D eigenvalue weighted by atomic mass is 16.2. The summed E-state index contributed by atoms with van der Waals surface area (Å²) in [6.07, 6.45) is 9.47. The first-order valence-electron chi connectivity index (χ1n) is 8.61. The van der Waals surface area contributed by atoms with E-state index < -0.39 is 0 Å². The standard InChI is InChI=1S/C17H36N2O/c1-5-9-11-15(10-6-2)19-16(20)17(14-18,12-7-3)13-8-4/h15H,5-14,18H2,1-4H3,(H,19,20). The number of carbonyl (C=O) groups is 1. The highest BCUT2D eigenvalue weighted by Gasteiger charge is 2.35. The van der Waals surface area contributed by atoms with Gasteiger partial charge >= 0.3 is 0 Å². The summed E-state index contributed by atoms with van der Waals surface area (Å²) in [5.74, 6) is 0.193. The Morgan fingerprint density at radius 3 is 2.00 bits per heavy atom. The van der Waals surface area contributed by atoms with Crippen molar-refractivity contribution in [3.63, 3.8) is 0 Å². The maximum absolute atomic E-state index is 12.7. The molecule has 0 rings (SSSR count). The molecule has 0 aromatic carbocycles. The molecule has 0 fully saturated rings. The molecule has 120 valence electrons. The van der Waals surface area contributed by atoms with Crippen molar-refractivity contribution in [1.29, 1.82) is 0 Å².